The third kappa shape index (κ3) is 4.68. The van der Waals surface area contributed by atoms with E-state index in [2.05, 4.69) is 15.1 Å². The van der Waals surface area contributed by atoms with E-state index in [1.54, 1.807) is 12.3 Å². The Labute approximate surface area is 174 Å². The lowest BCUT2D eigenvalue weighted by Gasteiger charge is -2.35. The van der Waals surface area contributed by atoms with Crippen molar-refractivity contribution in [2.75, 3.05) is 26.2 Å². The lowest BCUT2D eigenvalue weighted by molar-refractivity contribution is -0.133. The number of piperazine rings is 1. The number of nitrogens with zero attached hydrogens (tertiary/aromatic N) is 4. The molecule has 0 spiro atoms. The van der Waals surface area contributed by atoms with Crippen LogP contribution in [0.4, 0.5) is 0 Å². The van der Waals surface area contributed by atoms with Crippen molar-refractivity contribution in [2.45, 2.75) is 26.3 Å². The van der Waals surface area contributed by atoms with Gasteiger partial charge in [0.25, 0.3) is 5.89 Å². The quantitative estimate of drug-likeness (QED) is 0.613. The number of aryl methyl sites for hydroxylation is 2. The maximum absolute atomic E-state index is 12.6. The first-order valence-electron chi connectivity index (χ1n) is 9.70. The van der Waals surface area contributed by atoms with Crippen LogP contribution < -0.4 is 0 Å². The highest BCUT2D eigenvalue weighted by atomic mass is 35.5. The highest BCUT2D eigenvalue weighted by molar-refractivity contribution is 6.31. The van der Waals surface area contributed by atoms with E-state index in [4.69, 9.17) is 20.4 Å². The fraction of sp³-hybridized carbons (Fsp3) is 0.381. The summed E-state index contributed by atoms with van der Waals surface area (Å²) in [5.74, 6) is 1.73. The zero-order chi connectivity index (χ0) is 20.2. The van der Waals surface area contributed by atoms with Crippen molar-refractivity contribution >= 4 is 17.5 Å². The molecule has 1 saturated heterocycles. The molecule has 7 nitrogen and oxygen atoms in total. The molecule has 1 aliphatic heterocycles. The van der Waals surface area contributed by atoms with Gasteiger partial charge in [-0.1, -0.05) is 29.8 Å². The van der Waals surface area contributed by atoms with Gasteiger partial charge < -0.3 is 13.7 Å². The van der Waals surface area contributed by atoms with Gasteiger partial charge >= 0.3 is 0 Å². The molecule has 1 amide bonds. The molecule has 0 N–H and O–H groups in total. The summed E-state index contributed by atoms with van der Waals surface area (Å²) in [7, 11) is 0. The molecular formula is C21H23ClN4O3. The van der Waals surface area contributed by atoms with Gasteiger partial charge in [0.2, 0.25) is 11.8 Å². The van der Waals surface area contributed by atoms with Gasteiger partial charge in [0.05, 0.1) is 11.8 Å². The van der Waals surface area contributed by atoms with Gasteiger partial charge in [0, 0.05) is 50.6 Å². The third-order valence-electron chi connectivity index (χ3n) is 5.19. The Hall–Kier alpha value is -2.64. The largest absolute Gasteiger partial charge is 0.469 e. The van der Waals surface area contributed by atoms with Crippen LogP contribution in [-0.4, -0.2) is 52.1 Å². The molecule has 1 aromatic carbocycles. The number of aromatic nitrogens is 2. The second-order valence-electron chi connectivity index (χ2n) is 7.14. The molecule has 1 aliphatic rings. The summed E-state index contributed by atoms with van der Waals surface area (Å²) < 4.78 is 10.9. The van der Waals surface area contributed by atoms with Crippen molar-refractivity contribution in [2.24, 2.45) is 0 Å². The molecule has 1 fully saturated rings. The molecule has 3 heterocycles. The van der Waals surface area contributed by atoms with Crippen molar-refractivity contribution < 1.29 is 13.6 Å². The first-order chi connectivity index (χ1) is 14.1. The fourth-order valence-corrected chi connectivity index (χ4v) is 3.66. The Morgan fingerprint density at radius 2 is 1.93 bits per heavy atom. The predicted octanol–water partition coefficient (Wildman–Crippen LogP) is 3.57. The molecule has 0 radical (unpaired) electrons. The maximum Gasteiger partial charge on any atom is 0.251 e. The molecule has 152 valence electrons. The van der Waals surface area contributed by atoms with Gasteiger partial charge in [-0.2, -0.15) is 0 Å². The second kappa shape index (κ2) is 8.80. The number of furan rings is 1. The molecule has 0 saturated carbocycles. The van der Waals surface area contributed by atoms with Crippen LogP contribution in [0.1, 0.15) is 23.6 Å². The minimum Gasteiger partial charge on any atom is -0.469 e. The first-order valence-corrected chi connectivity index (χ1v) is 10.1. The second-order valence-corrected chi connectivity index (χ2v) is 7.55. The lowest BCUT2D eigenvalue weighted by Crippen LogP contribution is -2.48. The Morgan fingerprint density at radius 3 is 2.66 bits per heavy atom. The van der Waals surface area contributed by atoms with Crippen molar-refractivity contribution in [3.05, 3.63) is 58.8 Å². The highest BCUT2D eigenvalue weighted by Crippen LogP contribution is 2.23. The summed E-state index contributed by atoms with van der Waals surface area (Å²) >= 11 is 6.25. The molecule has 3 aromatic rings. The lowest BCUT2D eigenvalue weighted by atomic mass is 10.2. The Bertz CT molecular complexity index is 976. The van der Waals surface area contributed by atoms with E-state index < -0.39 is 0 Å². The smallest absolute Gasteiger partial charge is 0.251 e. The Balaban J connectivity index is 1.25. The van der Waals surface area contributed by atoms with Crippen LogP contribution in [0.2, 0.25) is 5.02 Å². The monoisotopic (exact) mass is 414 g/mol. The summed E-state index contributed by atoms with van der Waals surface area (Å²) in [4.78, 5) is 16.8. The van der Waals surface area contributed by atoms with Crippen LogP contribution in [-0.2, 0) is 17.8 Å². The molecule has 0 unspecified atom stereocenters. The van der Waals surface area contributed by atoms with E-state index in [9.17, 15) is 4.79 Å². The Kier molecular flexibility index (Phi) is 5.97. The van der Waals surface area contributed by atoms with Gasteiger partial charge in [-0.05, 0) is 24.6 Å². The van der Waals surface area contributed by atoms with Gasteiger partial charge in [-0.3, -0.25) is 9.69 Å². The minimum atomic E-state index is 0.113. The molecular weight excluding hydrogens is 392 g/mol. The zero-order valence-corrected chi connectivity index (χ0v) is 17.1. The average Bonchev–Trinajstić information content (AvgIpc) is 3.37. The molecule has 8 heteroatoms. The van der Waals surface area contributed by atoms with E-state index in [1.165, 1.54) is 0 Å². The average molecular weight is 415 g/mol. The van der Waals surface area contributed by atoms with Crippen molar-refractivity contribution in [1.82, 2.24) is 20.0 Å². The third-order valence-corrected chi connectivity index (χ3v) is 5.55. The van der Waals surface area contributed by atoms with Crippen molar-refractivity contribution in [1.29, 1.82) is 0 Å². The van der Waals surface area contributed by atoms with Crippen LogP contribution in [0, 0.1) is 6.92 Å². The molecule has 29 heavy (non-hydrogen) atoms. The number of halogens is 1. The van der Waals surface area contributed by atoms with E-state index >= 15 is 0 Å². The van der Waals surface area contributed by atoms with E-state index in [0.717, 1.165) is 41.5 Å². The van der Waals surface area contributed by atoms with Gasteiger partial charge in [0.15, 0.2) is 0 Å². The number of carbonyl (C=O) groups excluding carboxylic acids is 1. The topological polar surface area (TPSA) is 75.6 Å². The van der Waals surface area contributed by atoms with Crippen LogP contribution >= 0.6 is 11.6 Å². The van der Waals surface area contributed by atoms with Gasteiger partial charge in [-0.25, -0.2) is 0 Å². The van der Waals surface area contributed by atoms with Crippen LogP contribution in [0.15, 0.2) is 45.4 Å². The summed E-state index contributed by atoms with van der Waals surface area (Å²) in [6.07, 6.45) is 2.38. The van der Waals surface area contributed by atoms with E-state index in [0.29, 0.717) is 37.7 Å². The summed E-state index contributed by atoms with van der Waals surface area (Å²) in [5, 5.41) is 8.88. The molecule has 0 aliphatic carbocycles. The standard InChI is InChI=1S/C21H23ClN4O3/c1-15-17(8-13-28-15)21-24-23-19(29-21)6-7-20(27)26-11-9-25(10-12-26)14-16-4-2-3-5-18(16)22/h2-5,8,13H,6-7,9-12,14H2,1H3. The van der Waals surface area contributed by atoms with Gasteiger partial charge in [-0.15, -0.1) is 10.2 Å². The number of rotatable bonds is 6. The summed E-state index contributed by atoms with van der Waals surface area (Å²) in [6, 6.07) is 9.68. The zero-order valence-electron chi connectivity index (χ0n) is 16.3. The predicted molar refractivity (Wildman–Crippen MR) is 108 cm³/mol. The highest BCUT2D eigenvalue weighted by Gasteiger charge is 2.22. The van der Waals surface area contributed by atoms with Crippen molar-refractivity contribution in [3.8, 4) is 11.5 Å². The van der Waals surface area contributed by atoms with E-state index in [-0.39, 0.29) is 5.91 Å². The van der Waals surface area contributed by atoms with Crippen LogP contribution in [0.25, 0.3) is 11.5 Å². The van der Waals surface area contributed by atoms with Gasteiger partial charge in [0.1, 0.15) is 5.76 Å². The molecule has 0 bridgehead atoms. The minimum absolute atomic E-state index is 0.113. The van der Waals surface area contributed by atoms with Crippen molar-refractivity contribution in [3.63, 3.8) is 0 Å². The van der Waals surface area contributed by atoms with Crippen LogP contribution in [0.3, 0.4) is 0 Å². The summed E-state index contributed by atoms with van der Waals surface area (Å²) in [6.45, 7) is 5.75. The number of benzene rings is 1. The molecule has 2 aromatic heterocycles. The Morgan fingerprint density at radius 1 is 1.14 bits per heavy atom. The summed E-state index contributed by atoms with van der Waals surface area (Å²) in [5.41, 5.74) is 1.90. The SMILES string of the molecule is Cc1occc1-c1nnc(CCC(=O)N2CCN(Cc3ccccc3Cl)CC2)o1. The maximum atomic E-state index is 12.6. The fourth-order valence-electron chi connectivity index (χ4n) is 3.47. The van der Waals surface area contributed by atoms with E-state index in [1.807, 2.05) is 36.1 Å². The van der Waals surface area contributed by atoms with Crippen LogP contribution in [0.5, 0.6) is 0 Å². The number of carbonyl (C=O) groups is 1. The molecule has 4 rings (SSSR count). The number of hydrogen-bond donors (Lipinski definition) is 0. The normalized spacial score (nSPS) is 15.0. The molecule has 0 atom stereocenters. The number of hydrogen-bond acceptors (Lipinski definition) is 6. The number of amides is 1. The first kappa shape index (κ1) is 19.7.